The van der Waals surface area contributed by atoms with Gasteiger partial charge in [0.05, 0.1) is 30.0 Å². The summed E-state index contributed by atoms with van der Waals surface area (Å²) in [5.41, 5.74) is -2.16. The first-order valence-corrected chi connectivity index (χ1v) is 12.6. The average molecular weight is 565 g/mol. The van der Waals surface area contributed by atoms with Crippen LogP contribution in [0.15, 0.2) is 58.0 Å². The zero-order chi connectivity index (χ0) is 27.9. The first kappa shape index (κ1) is 27.2. The standard InChI is InChI=1S/C27H25ClF4N4O3/c1-27(26(37)33-13-17-14-35(2)9-10-38-17)24(22-7-8-23(28)39-22)25(18-5-3-15(29)11-19(18)31)34-36(27)21-6-4-16(30)12-20(21)32/h3-8,11-12,17,24H,9-10,13-14H2,1-2H3,(H,33,37)/t17-,24?,27+/m1/s1. The summed E-state index contributed by atoms with van der Waals surface area (Å²) in [5.74, 6) is -5.19. The lowest BCUT2D eigenvalue weighted by Gasteiger charge is -2.37. The van der Waals surface area contributed by atoms with E-state index in [1.807, 2.05) is 7.05 Å². The Balaban J connectivity index is 1.63. The van der Waals surface area contributed by atoms with Crippen LogP contribution in [0.25, 0.3) is 0 Å². The van der Waals surface area contributed by atoms with Crippen LogP contribution in [0.2, 0.25) is 5.22 Å². The molecule has 0 spiro atoms. The molecule has 1 amide bonds. The van der Waals surface area contributed by atoms with E-state index in [9.17, 15) is 13.6 Å². The predicted molar refractivity (Wildman–Crippen MR) is 137 cm³/mol. The average Bonchev–Trinajstić information content (AvgIpc) is 3.43. The second kappa shape index (κ2) is 10.6. The van der Waals surface area contributed by atoms with Gasteiger partial charge in [-0.25, -0.2) is 22.6 Å². The molecule has 12 heteroatoms. The molecule has 0 aliphatic carbocycles. The molecule has 2 aliphatic rings. The third-order valence-corrected chi connectivity index (χ3v) is 7.20. The Hall–Kier alpha value is -3.41. The van der Waals surface area contributed by atoms with Crippen molar-refractivity contribution in [2.24, 2.45) is 5.10 Å². The highest BCUT2D eigenvalue weighted by molar-refractivity contribution is 6.28. The molecule has 206 valence electrons. The van der Waals surface area contributed by atoms with Gasteiger partial charge in [-0.3, -0.25) is 4.79 Å². The normalized spacial score (nSPS) is 23.7. The number of morpholine rings is 1. The van der Waals surface area contributed by atoms with Gasteiger partial charge >= 0.3 is 0 Å². The maximum atomic E-state index is 15.1. The van der Waals surface area contributed by atoms with Crippen LogP contribution in [0.4, 0.5) is 23.2 Å². The summed E-state index contributed by atoms with van der Waals surface area (Å²) in [6, 6.07) is 8.66. The van der Waals surface area contributed by atoms with E-state index in [4.69, 9.17) is 20.8 Å². The molecule has 1 N–H and O–H groups in total. The fraction of sp³-hybridized carbons (Fsp3) is 0.333. The van der Waals surface area contributed by atoms with Gasteiger partial charge in [-0.1, -0.05) is 0 Å². The maximum absolute atomic E-state index is 15.1. The summed E-state index contributed by atoms with van der Waals surface area (Å²) in [7, 11) is 1.93. The van der Waals surface area contributed by atoms with Gasteiger partial charge in [-0.15, -0.1) is 0 Å². The maximum Gasteiger partial charge on any atom is 0.249 e. The topological polar surface area (TPSA) is 70.3 Å². The highest BCUT2D eigenvalue weighted by Gasteiger charge is 2.57. The minimum Gasteiger partial charge on any atom is -0.449 e. The molecule has 2 aromatic carbocycles. The van der Waals surface area contributed by atoms with Gasteiger partial charge in [0.25, 0.3) is 0 Å². The van der Waals surface area contributed by atoms with Crippen LogP contribution in [0.1, 0.15) is 24.2 Å². The molecule has 2 aliphatic heterocycles. The summed E-state index contributed by atoms with van der Waals surface area (Å²) in [5, 5.41) is 8.41. The Bertz CT molecular complexity index is 1430. The number of nitrogens with one attached hydrogen (secondary N) is 1. The Labute approximate surface area is 227 Å². The molecule has 39 heavy (non-hydrogen) atoms. The lowest BCUT2D eigenvalue weighted by atomic mass is 9.78. The highest BCUT2D eigenvalue weighted by Crippen LogP contribution is 2.46. The fourth-order valence-corrected chi connectivity index (χ4v) is 5.17. The Kier molecular flexibility index (Phi) is 7.41. The minimum absolute atomic E-state index is 0.00302. The molecule has 1 saturated heterocycles. The van der Waals surface area contributed by atoms with E-state index in [1.165, 1.54) is 25.1 Å². The number of ether oxygens (including phenoxy) is 1. The van der Waals surface area contributed by atoms with Crippen LogP contribution in [-0.4, -0.2) is 61.5 Å². The molecule has 5 rings (SSSR count). The second-order valence-electron chi connectivity index (χ2n) is 9.70. The van der Waals surface area contributed by atoms with Crippen LogP contribution in [0, 0.1) is 23.3 Å². The second-order valence-corrected chi connectivity index (χ2v) is 10.1. The highest BCUT2D eigenvalue weighted by atomic mass is 35.5. The number of benzene rings is 2. The smallest absolute Gasteiger partial charge is 0.249 e. The van der Waals surface area contributed by atoms with Gasteiger partial charge in [-0.2, -0.15) is 5.10 Å². The molecular formula is C27H25ClF4N4O3. The van der Waals surface area contributed by atoms with Gasteiger partial charge in [0.15, 0.2) is 16.6 Å². The number of anilines is 1. The number of hydrogen-bond acceptors (Lipinski definition) is 6. The van der Waals surface area contributed by atoms with Crippen molar-refractivity contribution in [2.45, 2.75) is 24.5 Å². The summed E-state index contributed by atoms with van der Waals surface area (Å²) in [4.78, 5) is 16.1. The van der Waals surface area contributed by atoms with E-state index < -0.39 is 40.6 Å². The third kappa shape index (κ3) is 5.13. The van der Waals surface area contributed by atoms with E-state index in [0.29, 0.717) is 25.3 Å². The molecule has 7 nitrogen and oxygen atoms in total. The van der Waals surface area contributed by atoms with Crippen molar-refractivity contribution < 1.29 is 31.5 Å². The zero-order valence-electron chi connectivity index (χ0n) is 21.1. The zero-order valence-corrected chi connectivity index (χ0v) is 21.8. The van der Waals surface area contributed by atoms with Crippen molar-refractivity contribution in [1.82, 2.24) is 10.2 Å². The summed E-state index contributed by atoms with van der Waals surface area (Å²) in [6.07, 6.45) is -0.305. The summed E-state index contributed by atoms with van der Waals surface area (Å²) in [6.45, 7) is 3.43. The van der Waals surface area contributed by atoms with Crippen LogP contribution >= 0.6 is 11.6 Å². The van der Waals surface area contributed by atoms with E-state index >= 15 is 8.78 Å². The van der Waals surface area contributed by atoms with Crippen molar-refractivity contribution in [3.8, 4) is 0 Å². The molecule has 0 saturated carbocycles. The Morgan fingerprint density at radius 2 is 1.82 bits per heavy atom. The largest absolute Gasteiger partial charge is 0.449 e. The number of carbonyl (C=O) groups excluding carboxylic acids is 1. The minimum atomic E-state index is -1.77. The Morgan fingerprint density at radius 1 is 1.10 bits per heavy atom. The lowest BCUT2D eigenvalue weighted by Crippen LogP contribution is -2.58. The molecule has 3 heterocycles. The van der Waals surface area contributed by atoms with Gasteiger partial charge in [0.2, 0.25) is 5.91 Å². The quantitative estimate of drug-likeness (QED) is 0.440. The number of halogens is 5. The van der Waals surface area contributed by atoms with Gasteiger partial charge in [-0.05, 0) is 62.0 Å². The van der Waals surface area contributed by atoms with Crippen molar-refractivity contribution in [1.29, 1.82) is 0 Å². The number of likely N-dealkylation sites (N-methyl/N-ethyl adjacent to an activating group) is 1. The number of nitrogens with zero attached hydrogens (tertiary/aromatic N) is 3. The first-order chi connectivity index (χ1) is 18.6. The number of amides is 1. The molecule has 1 aromatic heterocycles. The number of hydrogen-bond donors (Lipinski definition) is 1. The molecule has 3 aromatic rings. The van der Waals surface area contributed by atoms with Crippen molar-refractivity contribution in [2.75, 3.05) is 38.3 Å². The summed E-state index contributed by atoms with van der Waals surface area (Å²) >= 11 is 6.06. The van der Waals surface area contributed by atoms with Crippen LogP contribution in [0.3, 0.4) is 0 Å². The summed E-state index contributed by atoms with van der Waals surface area (Å²) < 4.78 is 69.3. The van der Waals surface area contributed by atoms with E-state index in [-0.39, 0.29) is 40.6 Å². The van der Waals surface area contributed by atoms with Gasteiger partial charge in [0.1, 0.15) is 23.2 Å². The third-order valence-electron chi connectivity index (χ3n) is 7.00. The van der Waals surface area contributed by atoms with E-state index in [2.05, 4.69) is 15.3 Å². The van der Waals surface area contributed by atoms with Crippen molar-refractivity contribution >= 4 is 28.9 Å². The molecule has 3 atom stereocenters. The van der Waals surface area contributed by atoms with E-state index in [1.54, 1.807) is 0 Å². The number of rotatable bonds is 6. The fourth-order valence-electron chi connectivity index (χ4n) is 5.02. The molecular weight excluding hydrogens is 540 g/mol. The van der Waals surface area contributed by atoms with E-state index in [0.717, 1.165) is 29.8 Å². The predicted octanol–water partition coefficient (Wildman–Crippen LogP) is 4.70. The van der Waals surface area contributed by atoms with Gasteiger partial charge < -0.3 is 19.4 Å². The Morgan fingerprint density at radius 3 is 2.46 bits per heavy atom. The molecule has 1 fully saturated rings. The van der Waals surface area contributed by atoms with Crippen LogP contribution in [-0.2, 0) is 9.53 Å². The van der Waals surface area contributed by atoms with Crippen LogP contribution in [0.5, 0.6) is 0 Å². The molecule has 1 unspecified atom stereocenters. The lowest BCUT2D eigenvalue weighted by molar-refractivity contribution is -0.127. The number of hydrazone groups is 1. The van der Waals surface area contributed by atoms with Crippen LogP contribution < -0.4 is 10.3 Å². The van der Waals surface area contributed by atoms with Crippen molar-refractivity contribution in [3.05, 3.63) is 88.3 Å². The van der Waals surface area contributed by atoms with Crippen molar-refractivity contribution in [3.63, 3.8) is 0 Å². The first-order valence-electron chi connectivity index (χ1n) is 12.2. The number of furan rings is 1. The monoisotopic (exact) mass is 564 g/mol. The number of carbonyl (C=O) groups is 1. The molecule has 0 bridgehead atoms. The molecule has 0 radical (unpaired) electrons. The SMILES string of the molecule is CN1CCO[C@H](CNC(=O)[C@]2(C)C(c3ccc(Cl)o3)C(c3ccc(F)cc3F)=NN2c2ccc(F)cc2F)C1. The van der Waals surface area contributed by atoms with Gasteiger partial charge in [0, 0.05) is 37.3 Å².